The van der Waals surface area contributed by atoms with E-state index in [9.17, 15) is 4.79 Å². The number of ether oxygens (including phenoxy) is 3. The predicted octanol–water partition coefficient (Wildman–Crippen LogP) is 3.38. The minimum Gasteiger partial charge on any atom is -0.481 e. The highest BCUT2D eigenvalue weighted by Gasteiger charge is 2.13. The number of nitrogens with one attached hydrogen (secondary N) is 2. The smallest absolute Gasteiger partial charge is 0.319 e. The highest BCUT2D eigenvalue weighted by molar-refractivity contribution is 9.10. The third kappa shape index (κ3) is 5.06. The lowest BCUT2D eigenvalue weighted by atomic mass is 10.3. The number of hydrogen-bond donors (Lipinski definition) is 2. The van der Waals surface area contributed by atoms with E-state index < -0.39 is 0 Å². The van der Waals surface area contributed by atoms with Gasteiger partial charge in [0.25, 0.3) is 0 Å². The van der Waals surface area contributed by atoms with Crippen LogP contribution in [-0.2, 0) is 0 Å². The van der Waals surface area contributed by atoms with Gasteiger partial charge in [0.15, 0.2) is 11.5 Å². The summed E-state index contributed by atoms with van der Waals surface area (Å²) in [4.78, 5) is 11.8. The maximum atomic E-state index is 11.8. The Morgan fingerprint density at radius 2 is 2.04 bits per heavy atom. The molecule has 1 aliphatic heterocycles. The van der Waals surface area contributed by atoms with E-state index in [0.717, 1.165) is 10.2 Å². The van der Waals surface area contributed by atoms with Gasteiger partial charge in [0, 0.05) is 16.2 Å². The molecule has 25 heavy (non-hydrogen) atoms. The van der Waals surface area contributed by atoms with Gasteiger partial charge in [-0.25, -0.2) is 4.79 Å². The van der Waals surface area contributed by atoms with E-state index in [-0.39, 0.29) is 26.0 Å². The van der Waals surface area contributed by atoms with Crippen LogP contribution >= 0.6 is 15.9 Å². The van der Waals surface area contributed by atoms with Crippen molar-refractivity contribution in [3.05, 3.63) is 46.9 Å². The summed E-state index contributed by atoms with van der Waals surface area (Å²) < 4.78 is 16.9. The molecule has 0 saturated heterocycles. The third-order valence-corrected chi connectivity index (χ3v) is 3.69. The maximum Gasteiger partial charge on any atom is 0.319 e. The summed E-state index contributed by atoms with van der Waals surface area (Å²) in [5.74, 6) is 7.68. The molecule has 1 aliphatic rings. The fourth-order valence-electron chi connectivity index (χ4n) is 2.06. The van der Waals surface area contributed by atoms with E-state index >= 15 is 0 Å². The van der Waals surface area contributed by atoms with E-state index in [4.69, 9.17) is 14.2 Å². The first-order chi connectivity index (χ1) is 12.2. The van der Waals surface area contributed by atoms with Crippen molar-refractivity contribution in [3.63, 3.8) is 0 Å². The minimum atomic E-state index is -0.346. The summed E-state index contributed by atoms with van der Waals surface area (Å²) in [6.07, 6.45) is 0. The molecular formula is C18H15BrN2O4. The lowest BCUT2D eigenvalue weighted by Crippen LogP contribution is -2.28. The highest BCUT2D eigenvalue weighted by atomic mass is 79.9. The summed E-state index contributed by atoms with van der Waals surface area (Å²) in [5.41, 5.74) is 0.618. The maximum absolute atomic E-state index is 11.8. The molecule has 2 N–H and O–H groups in total. The van der Waals surface area contributed by atoms with Crippen molar-refractivity contribution in [3.8, 4) is 29.1 Å². The summed E-state index contributed by atoms with van der Waals surface area (Å²) in [6.45, 7) is 0.669. The molecule has 0 saturated carbocycles. The zero-order chi connectivity index (χ0) is 17.5. The van der Waals surface area contributed by atoms with Gasteiger partial charge >= 0.3 is 6.03 Å². The quantitative estimate of drug-likeness (QED) is 0.769. The van der Waals surface area contributed by atoms with Gasteiger partial charge in [0.05, 0.1) is 6.54 Å². The standard InChI is InChI=1S/C18H15BrN2O4/c19-13-4-3-5-15(10-13)23-9-2-1-8-20-18(22)21-14-6-7-16-17(11-14)25-12-24-16/h3-7,10-11H,8-9,12H2,(H2,20,21,22). The SMILES string of the molecule is O=C(NCC#CCOc1cccc(Br)c1)Nc1ccc2c(c1)OCO2. The van der Waals surface area contributed by atoms with Crippen molar-refractivity contribution in [1.82, 2.24) is 5.32 Å². The number of rotatable bonds is 4. The Labute approximate surface area is 153 Å². The van der Waals surface area contributed by atoms with E-state index in [1.165, 1.54) is 0 Å². The topological polar surface area (TPSA) is 68.8 Å². The van der Waals surface area contributed by atoms with Gasteiger partial charge in [-0.15, -0.1) is 0 Å². The minimum absolute atomic E-state index is 0.197. The molecule has 2 aromatic carbocycles. The fourth-order valence-corrected chi connectivity index (χ4v) is 2.44. The fraction of sp³-hybridized carbons (Fsp3) is 0.167. The Hall–Kier alpha value is -2.85. The molecular weight excluding hydrogens is 388 g/mol. The number of halogens is 1. The van der Waals surface area contributed by atoms with Crippen LogP contribution in [0, 0.1) is 11.8 Å². The first-order valence-electron chi connectivity index (χ1n) is 7.49. The Balaban J connectivity index is 1.38. The molecule has 2 amide bonds. The van der Waals surface area contributed by atoms with Gasteiger partial charge in [-0.3, -0.25) is 0 Å². The van der Waals surface area contributed by atoms with Crippen molar-refractivity contribution in [2.75, 3.05) is 25.3 Å². The van der Waals surface area contributed by atoms with Gasteiger partial charge in [0.1, 0.15) is 12.4 Å². The molecule has 0 atom stereocenters. The lowest BCUT2D eigenvalue weighted by Gasteiger charge is -2.06. The van der Waals surface area contributed by atoms with Crippen LogP contribution in [0.25, 0.3) is 0 Å². The Kier molecular flexibility index (Phi) is 5.65. The van der Waals surface area contributed by atoms with Gasteiger partial charge in [-0.2, -0.15) is 0 Å². The van der Waals surface area contributed by atoms with Gasteiger partial charge in [0.2, 0.25) is 6.79 Å². The third-order valence-electron chi connectivity index (χ3n) is 3.20. The number of carbonyl (C=O) groups excluding carboxylic acids is 1. The van der Waals surface area contributed by atoms with Crippen LogP contribution in [0.5, 0.6) is 17.2 Å². The van der Waals surface area contributed by atoms with E-state index in [1.54, 1.807) is 18.2 Å². The number of anilines is 1. The van der Waals surface area contributed by atoms with Crippen LogP contribution in [0.2, 0.25) is 0 Å². The van der Waals surface area contributed by atoms with Crippen molar-refractivity contribution < 1.29 is 19.0 Å². The van der Waals surface area contributed by atoms with Gasteiger partial charge in [-0.1, -0.05) is 33.8 Å². The molecule has 0 spiro atoms. The first-order valence-corrected chi connectivity index (χ1v) is 8.28. The van der Waals surface area contributed by atoms with Crippen molar-refractivity contribution in [2.24, 2.45) is 0 Å². The summed E-state index contributed by atoms with van der Waals surface area (Å²) in [6, 6.07) is 12.4. The second-order valence-electron chi connectivity index (χ2n) is 4.98. The molecule has 1 heterocycles. The average molecular weight is 403 g/mol. The van der Waals surface area contributed by atoms with E-state index in [1.807, 2.05) is 24.3 Å². The van der Waals surface area contributed by atoms with E-state index in [0.29, 0.717) is 17.2 Å². The van der Waals surface area contributed by atoms with Crippen LogP contribution in [0.4, 0.5) is 10.5 Å². The second kappa shape index (κ2) is 8.31. The lowest BCUT2D eigenvalue weighted by molar-refractivity contribution is 0.174. The average Bonchev–Trinajstić information content (AvgIpc) is 3.06. The number of benzene rings is 2. The number of urea groups is 1. The number of fused-ring (bicyclic) bond motifs is 1. The monoisotopic (exact) mass is 402 g/mol. The van der Waals surface area contributed by atoms with Crippen molar-refractivity contribution in [2.45, 2.75) is 0 Å². The van der Waals surface area contributed by atoms with Crippen LogP contribution in [0.1, 0.15) is 0 Å². The molecule has 0 unspecified atom stereocenters. The Morgan fingerprint density at radius 1 is 1.16 bits per heavy atom. The predicted molar refractivity (Wildman–Crippen MR) is 97.0 cm³/mol. The van der Waals surface area contributed by atoms with Crippen LogP contribution in [0.3, 0.4) is 0 Å². The van der Waals surface area contributed by atoms with Crippen LogP contribution in [0.15, 0.2) is 46.9 Å². The molecule has 6 nitrogen and oxygen atoms in total. The molecule has 0 aliphatic carbocycles. The Bertz CT molecular complexity index is 829. The Morgan fingerprint density at radius 3 is 2.92 bits per heavy atom. The van der Waals surface area contributed by atoms with Crippen LogP contribution < -0.4 is 24.8 Å². The molecule has 3 rings (SSSR count). The van der Waals surface area contributed by atoms with Crippen molar-refractivity contribution >= 4 is 27.6 Å². The number of hydrogen-bond acceptors (Lipinski definition) is 4. The van der Waals surface area contributed by atoms with Crippen molar-refractivity contribution in [1.29, 1.82) is 0 Å². The second-order valence-corrected chi connectivity index (χ2v) is 5.89. The zero-order valence-corrected chi connectivity index (χ0v) is 14.8. The van der Waals surface area contributed by atoms with Crippen LogP contribution in [-0.4, -0.2) is 26.0 Å². The molecule has 128 valence electrons. The molecule has 0 bridgehead atoms. The summed E-state index contributed by atoms with van der Waals surface area (Å²) in [7, 11) is 0. The molecule has 0 radical (unpaired) electrons. The first kappa shape index (κ1) is 17.0. The molecule has 2 aromatic rings. The summed E-state index contributed by atoms with van der Waals surface area (Å²) >= 11 is 3.37. The zero-order valence-electron chi connectivity index (χ0n) is 13.2. The van der Waals surface area contributed by atoms with Gasteiger partial charge in [-0.05, 0) is 30.3 Å². The highest BCUT2D eigenvalue weighted by Crippen LogP contribution is 2.34. The van der Waals surface area contributed by atoms with Gasteiger partial charge < -0.3 is 24.8 Å². The molecule has 7 heteroatoms. The number of carbonyl (C=O) groups is 1. The van der Waals surface area contributed by atoms with E-state index in [2.05, 4.69) is 38.4 Å². The summed E-state index contributed by atoms with van der Waals surface area (Å²) in [5, 5.41) is 5.35. The normalized spacial score (nSPS) is 11.2. The molecule has 0 fully saturated rings. The molecule has 0 aromatic heterocycles. The number of amides is 2. The largest absolute Gasteiger partial charge is 0.481 e.